The molecule has 1 aromatic carbocycles. The number of benzene rings is 1. The van der Waals surface area contributed by atoms with E-state index in [1.54, 1.807) is 19.2 Å². The largest absolute Gasteiger partial charge is 0.508 e. The van der Waals surface area contributed by atoms with Gasteiger partial charge in [-0.1, -0.05) is 52.8 Å². The Morgan fingerprint density at radius 3 is 2.47 bits per heavy atom. The van der Waals surface area contributed by atoms with Crippen LogP contribution in [-0.4, -0.2) is 45.3 Å². The molecule has 2 rings (SSSR count). The van der Waals surface area contributed by atoms with Crippen molar-refractivity contribution in [2.45, 2.75) is 72.3 Å². The second kappa shape index (κ2) is 15.0. The maximum absolute atomic E-state index is 11.6. The van der Waals surface area contributed by atoms with E-state index in [2.05, 4.69) is 9.71 Å². The third-order valence-corrected chi connectivity index (χ3v) is 5.06. The summed E-state index contributed by atoms with van der Waals surface area (Å²) in [6, 6.07) is 7.38. The smallest absolute Gasteiger partial charge is 0.229 e. The molecule has 1 saturated carbocycles. The van der Waals surface area contributed by atoms with E-state index in [9.17, 15) is 13.5 Å². The lowest BCUT2D eigenvalue weighted by Crippen LogP contribution is -2.29. The van der Waals surface area contributed by atoms with Gasteiger partial charge in [0.05, 0.1) is 30.4 Å². The maximum Gasteiger partial charge on any atom is 0.229 e. The average molecular weight is 441 g/mol. The molecule has 7 heteroatoms. The summed E-state index contributed by atoms with van der Waals surface area (Å²) in [6.45, 7) is 10.2. The number of nitrogens with one attached hydrogen (secondary N) is 1. The van der Waals surface area contributed by atoms with Crippen LogP contribution < -0.4 is 4.72 Å². The van der Waals surface area contributed by atoms with E-state index in [1.165, 1.54) is 0 Å². The molecule has 1 aliphatic carbocycles. The van der Waals surface area contributed by atoms with E-state index in [0.29, 0.717) is 23.7 Å². The average Bonchev–Trinajstić information content (AvgIpc) is 3.20. The normalized spacial score (nSPS) is 19.3. The van der Waals surface area contributed by atoms with Crippen LogP contribution in [0.15, 0.2) is 41.0 Å². The number of phenols is 1. The molecule has 30 heavy (non-hydrogen) atoms. The van der Waals surface area contributed by atoms with Crippen molar-refractivity contribution in [1.29, 1.82) is 0 Å². The van der Waals surface area contributed by atoms with Crippen LogP contribution in [0.1, 0.15) is 71.8 Å². The van der Waals surface area contributed by atoms with Crippen molar-refractivity contribution in [3.05, 3.63) is 41.6 Å². The summed E-state index contributed by atoms with van der Waals surface area (Å²) < 4.78 is 31.6. The van der Waals surface area contributed by atoms with E-state index < -0.39 is 10.0 Å². The number of sulfonamides is 1. The fourth-order valence-electron chi connectivity index (χ4n) is 3.25. The van der Waals surface area contributed by atoms with Gasteiger partial charge in [0.25, 0.3) is 0 Å². The molecule has 172 valence electrons. The molecule has 2 N–H and O–H groups in total. The number of hydrogen-bond donors (Lipinski definition) is 2. The predicted octanol–water partition coefficient (Wildman–Crippen LogP) is 5.01. The number of nitrogens with zero attached hydrogens (tertiary/aromatic N) is 1. The summed E-state index contributed by atoms with van der Waals surface area (Å²) in [6.07, 6.45) is 6.54. The van der Waals surface area contributed by atoms with Crippen molar-refractivity contribution in [1.82, 2.24) is 4.72 Å². The lowest BCUT2D eigenvalue weighted by molar-refractivity contribution is 0.0863. The highest BCUT2D eigenvalue weighted by Gasteiger charge is 2.27. The lowest BCUT2D eigenvalue weighted by atomic mass is 9.97. The first-order chi connectivity index (χ1) is 14.3. The Kier molecular flexibility index (Phi) is 14.1. The van der Waals surface area contributed by atoms with Crippen molar-refractivity contribution >= 4 is 15.7 Å². The molecule has 2 unspecified atom stereocenters. The molecular formula is C23H40N2O4S. The summed E-state index contributed by atoms with van der Waals surface area (Å²) in [5, 5.41) is 9.64. The Labute approximate surface area is 183 Å². The van der Waals surface area contributed by atoms with Gasteiger partial charge in [0.15, 0.2) is 0 Å². The molecular weight excluding hydrogens is 400 g/mol. The summed E-state index contributed by atoms with van der Waals surface area (Å²) in [4.78, 5) is 4.20. The van der Waals surface area contributed by atoms with Crippen LogP contribution in [0.5, 0.6) is 5.75 Å². The van der Waals surface area contributed by atoms with Crippen LogP contribution in [0.4, 0.5) is 0 Å². The quantitative estimate of drug-likeness (QED) is 0.556. The molecule has 2 atom stereocenters. The Hall–Kier alpha value is -1.86. The Morgan fingerprint density at radius 1 is 1.27 bits per heavy atom. The maximum atomic E-state index is 11.6. The zero-order chi connectivity index (χ0) is 23.2. The van der Waals surface area contributed by atoms with Gasteiger partial charge in [-0.3, -0.25) is 9.71 Å². The molecule has 1 fully saturated rings. The van der Waals surface area contributed by atoms with Crippen molar-refractivity contribution < 1.29 is 18.3 Å². The molecule has 0 heterocycles. The van der Waals surface area contributed by atoms with E-state index in [1.807, 2.05) is 52.8 Å². The van der Waals surface area contributed by atoms with Crippen molar-refractivity contribution in [2.24, 2.45) is 4.99 Å². The first-order valence-electron chi connectivity index (χ1n) is 10.9. The van der Waals surface area contributed by atoms with Crippen LogP contribution in [0, 0.1) is 0 Å². The van der Waals surface area contributed by atoms with Crippen molar-refractivity contribution in [3.63, 3.8) is 0 Å². The third kappa shape index (κ3) is 10.3. The fraction of sp³-hybridized carbons (Fsp3) is 0.609. The molecule has 0 saturated heterocycles. The highest BCUT2D eigenvalue weighted by molar-refractivity contribution is 7.88. The molecule has 0 radical (unpaired) electrons. The second-order valence-electron chi connectivity index (χ2n) is 6.61. The highest BCUT2D eigenvalue weighted by atomic mass is 32.2. The number of aromatic hydroxyl groups is 1. The number of allylic oxidation sites excluding steroid dienone is 1. The molecule has 1 aliphatic rings. The molecule has 0 bridgehead atoms. The van der Waals surface area contributed by atoms with Gasteiger partial charge in [0, 0.05) is 7.05 Å². The van der Waals surface area contributed by atoms with Gasteiger partial charge in [-0.05, 0) is 49.3 Å². The minimum absolute atomic E-state index is 0.0974. The molecule has 1 aromatic rings. The first-order valence-corrected chi connectivity index (χ1v) is 12.8. The molecule has 0 aliphatic heterocycles. The van der Waals surface area contributed by atoms with Crippen LogP contribution in [0.2, 0.25) is 0 Å². The Morgan fingerprint density at radius 2 is 1.93 bits per heavy atom. The zero-order valence-corrected chi connectivity index (χ0v) is 20.4. The topological polar surface area (TPSA) is 88.0 Å². The number of aliphatic imine (C=N–C) groups is 1. The Bertz CT molecular complexity index is 773. The van der Waals surface area contributed by atoms with Crippen molar-refractivity contribution in [3.8, 4) is 5.75 Å². The summed E-state index contributed by atoms with van der Waals surface area (Å²) in [5.74, 6) is 0.655. The van der Waals surface area contributed by atoms with E-state index >= 15 is 0 Å². The summed E-state index contributed by atoms with van der Waals surface area (Å²) in [5.41, 5.74) is 2.21. The lowest BCUT2D eigenvalue weighted by Gasteiger charge is -2.16. The number of ether oxygens (including phenoxy) is 1. The van der Waals surface area contributed by atoms with Crippen molar-refractivity contribution in [2.75, 3.05) is 19.9 Å². The zero-order valence-electron chi connectivity index (χ0n) is 19.6. The SMILES string of the molecule is CC.CC.CC/C=C(/NS(C)(=O)=O)C(COC1CCC(c2cccc(O)c2)C1)=NC. The number of hydrogen-bond acceptors (Lipinski definition) is 5. The predicted molar refractivity (Wildman–Crippen MR) is 127 cm³/mol. The summed E-state index contributed by atoms with van der Waals surface area (Å²) in [7, 11) is -1.73. The van der Waals surface area contributed by atoms with Gasteiger partial charge in [-0.25, -0.2) is 8.42 Å². The van der Waals surface area contributed by atoms with E-state index in [-0.39, 0.29) is 18.5 Å². The minimum atomic E-state index is -3.37. The number of rotatable bonds is 8. The van der Waals surface area contributed by atoms with Gasteiger partial charge in [0.2, 0.25) is 10.0 Å². The summed E-state index contributed by atoms with van der Waals surface area (Å²) >= 11 is 0. The standard InChI is InChI=1S/C19H28N2O4S.2C2H6/c1-4-6-18(21-26(3,23)24)19(20-2)13-25-17-10-9-15(12-17)14-7-5-8-16(22)11-14;2*1-2/h5-8,11,15,17,21-22H,4,9-10,12-13H2,1-3H3;2*1-2H3/b18-6+,20-19?;;. The third-order valence-electron chi connectivity index (χ3n) is 4.47. The highest BCUT2D eigenvalue weighted by Crippen LogP contribution is 2.36. The van der Waals surface area contributed by atoms with Gasteiger partial charge in [-0.15, -0.1) is 0 Å². The van der Waals surface area contributed by atoms with Crippen LogP contribution in [-0.2, 0) is 14.8 Å². The monoisotopic (exact) mass is 440 g/mol. The van der Waals surface area contributed by atoms with E-state index in [4.69, 9.17) is 4.74 Å². The van der Waals surface area contributed by atoms with Gasteiger partial charge in [0.1, 0.15) is 5.75 Å². The number of phenolic OH excluding ortho intramolecular Hbond substituents is 1. The molecule has 0 spiro atoms. The molecule has 0 amide bonds. The molecule has 0 aromatic heterocycles. The van der Waals surface area contributed by atoms with Gasteiger partial charge < -0.3 is 9.84 Å². The first kappa shape index (κ1) is 28.1. The van der Waals surface area contributed by atoms with Gasteiger partial charge in [-0.2, -0.15) is 0 Å². The van der Waals surface area contributed by atoms with E-state index in [0.717, 1.165) is 31.1 Å². The van der Waals surface area contributed by atoms with Gasteiger partial charge >= 0.3 is 0 Å². The Balaban J connectivity index is 0.00000198. The fourth-order valence-corrected chi connectivity index (χ4v) is 3.86. The second-order valence-corrected chi connectivity index (χ2v) is 8.36. The van der Waals surface area contributed by atoms with Crippen LogP contribution in [0.3, 0.4) is 0 Å². The van der Waals surface area contributed by atoms with Crippen LogP contribution >= 0.6 is 0 Å². The van der Waals surface area contributed by atoms with Crippen LogP contribution in [0.25, 0.3) is 0 Å². The minimum Gasteiger partial charge on any atom is -0.508 e. The molecule has 6 nitrogen and oxygen atoms in total.